The molecular weight excluding hydrogens is 322 g/mol. The largest absolute Gasteiger partial charge is 0.399 e. The number of rotatable bonds is 5. The van der Waals surface area contributed by atoms with Crippen LogP contribution in [-0.2, 0) is 6.54 Å². The molecular formula is C18H19N3O2S. The summed E-state index contributed by atoms with van der Waals surface area (Å²) in [5, 5.41) is 19.9. The van der Waals surface area contributed by atoms with Crippen molar-refractivity contribution in [1.82, 2.24) is 4.57 Å². The lowest BCUT2D eigenvalue weighted by atomic mass is 10.0. The minimum absolute atomic E-state index is 0.283. The molecule has 24 heavy (non-hydrogen) atoms. The van der Waals surface area contributed by atoms with Gasteiger partial charge < -0.3 is 26.2 Å². The summed E-state index contributed by atoms with van der Waals surface area (Å²) in [5.74, 6) is 0. The predicted molar refractivity (Wildman–Crippen MR) is 101 cm³/mol. The number of nitrogen functional groups attached to an aromatic ring is 1. The van der Waals surface area contributed by atoms with Crippen molar-refractivity contribution in [1.29, 1.82) is 0 Å². The Hall–Kier alpha value is -2.41. The highest BCUT2D eigenvalue weighted by atomic mass is 32.1. The summed E-state index contributed by atoms with van der Waals surface area (Å²) in [6.45, 7) is -0.0142. The van der Waals surface area contributed by atoms with E-state index in [2.05, 4.69) is 0 Å². The second-order valence-electron chi connectivity index (χ2n) is 5.75. The normalized spacial score (nSPS) is 12.4. The molecule has 0 bridgehead atoms. The van der Waals surface area contributed by atoms with E-state index in [0.717, 1.165) is 27.6 Å². The molecule has 2 aromatic carbocycles. The number of thiocarbonyl (C=S) groups is 1. The molecule has 1 atom stereocenters. The van der Waals surface area contributed by atoms with Crippen molar-refractivity contribution in [3.63, 3.8) is 0 Å². The van der Waals surface area contributed by atoms with E-state index in [1.807, 2.05) is 53.2 Å². The van der Waals surface area contributed by atoms with Crippen molar-refractivity contribution in [2.24, 2.45) is 5.73 Å². The van der Waals surface area contributed by atoms with Gasteiger partial charge in [-0.3, -0.25) is 0 Å². The van der Waals surface area contributed by atoms with E-state index >= 15 is 0 Å². The number of fused-ring (bicyclic) bond motifs is 1. The SMILES string of the molecule is NC(=S)c1cccc(-c2cn(CC(O)CO)c3cc(N)ccc23)c1. The Morgan fingerprint density at radius 2 is 2.00 bits per heavy atom. The standard InChI is InChI=1S/C18H19N3O2S/c19-13-4-5-15-16(11-2-1-3-12(6-11)18(20)24)9-21(17(15)7-13)8-14(23)10-22/h1-7,9,14,22-23H,8,10,19H2,(H2,20,24). The molecule has 6 N–H and O–H groups in total. The summed E-state index contributed by atoms with van der Waals surface area (Å²) in [4.78, 5) is 0.348. The fourth-order valence-corrected chi connectivity index (χ4v) is 2.94. The van der Waals surface area contributed by atoms with Gasteiger partial charge in [0.05, 0.1) is 24.8 Å². The van der Waals surface area contributed by atoms with Crippen LogP contribution in [0.2, 0.25) is 0 Å². The van der Waals surface area contributed by atoms with Crippen molar-refractivity contribution in [3.05, 3.63) is 54.2 Å². The first-order chi connectivity index (χ1) is 11.5. The number of aliphatic hydroxyl groups excluding tert-OH is 2. The number of hydrogen-bond donors (Lipinski definition) is 4. The fourth-order valence-electron chi connectivity index (χ4n) is 2.81. The molecule has 5 nitrogen and oxygen atoms in total. The molecule has 3 aromatic rings. The van der Waals surface area contributed by atoms with Crippen LogP contribution in [0.4, 0.5) is 5.69 Å². The Morgan fingerprint density at radius 3 is 2.71 bits per heavy atom. The van der Waals surface area contributed by atoms with Crippen molar-refractivity contribution < 1.29 is 10.2 Å². The van der Waals surface area contributed by atoms with E-state index in [0.29, 0.717) is 10.7 Å². The van der Waals surface area contributed by atoms with E-state index in [1.165, 1.54) is 0 Å². The van der Waals surface area contributed by atoms with Crippen molar-refractivity contribution in [2.45, 2.75) is 12.6 Å². The van der Waals surface area contributed by atoms with Gasteiger partial charge in [0.15, 0.2) is 0 Å². The zero-order valence-corrected chi connectivity index (χ0v) is 13.8. The maximum absolute atomic E-state index is 9.80. The Balaban J connectivity index is 2.18. The van der Waals surface area contributed by atoms with Crippen molar-refractivity contribution in [3.8, 4) is 11.1 Å². The number of hydrogen-bond acceptors (Lipinski definition) is 4. The van der Waals surface area contributed by atoms with Gasteiger partial charge in [-0.05, 0) is 23.8 Å². The molecule has 0 radical (unpaired) electrons. The van der Waals surface area contributed by atoms with Gasteiger partial charge in [-0.1, -0.05) is 36.5 Å². The van der Waals surface area contributed by atoms with Gasteiger partial charge in [0.2, 0.25) is 0 Å². The van der Waals surface area contributed by atoms with Crippen LogP contribution in [0.1, 0.15) is 5.56 Å². The topological polar surface area (TPSA) is 97.4 Å². The Bertz CT molecular complexity index is 904. The highest BCUT2D eigenvalue weighted by molar-refractivity contribution is 7.80. The quantitative estimate of drug-likeness (QED) is 0.420. The van der Waals surface area contributed by atoms with Crippen LogP contribution in [0.5, 0.6) is 0 Å². The summed E-state index contributed by atoms with van der Waals surface area (Å²) in [5.41, 5.74) is 16.0. The zero-order valence-electron chi connectivity index (χ0n) is 13.0. The minimum Gasteiger partial charge on any atom is -0.399 e. The number of aromatic nitrogens is 1. The average molecular weight is 341 g/mol. The van der Waals surface area contributed by atoms with Crippen molar-refractivity contribution >= 4 is 33.8 Å². The summed E-state index contributed by atoms with van der Waals surface area (Å²) < 4.78 is 1.90. The number of anilines is 1. The summed E-state index contributed by atoms with van der Waals surface area (Å²) in [6, 6.07) is 13.4. The monoisotopic (exact) mass is 341 g/mol. The van der Waals surface area contributed by atoms with Gasteiger partial charge in [0.1, 0.15) is 4.99 Å². The molecule has 6 heteroatoms. The summed E-state index contributed by atoms with van der Waals surface area (Å²) in [6.07, 6.45) is 1.11. The van der Waals surface area contributed by atoms with Crippen molar-refractivity contribution in [2.75, 3.05) is 12.3 Å². The maximum Gasteiger partial charge on any atom is 0.104 e. The third kappa shape index (κ3) is 3.12. The average Bonchev–Trinajstić information content (AvgIpc) is 2.92. The maximum atomic E-state index is 9.80. The van der Waals surface area contributed by atoms with E-state index in [9.17, 15) is 5.11 Å². The molecule has 124 valence electrons. The first-order valence-electron chi connectivity index (χ1n) is 7.57. The Labute approximate surface area is 145 Å². The molecule has 3 rings (SSSR count). The van der Waals surface area contributed by atoms with Crippen LogP contribution in [0.25, 0.3) is 22.0 Å². The summed E-state index contributed by atoms with van der Waals surface area (Å²) >= 11 is 5.06. The molecule has 0 fully saturated rings. The van der Waals surface area contributed by atoms with Crippen LogP contribution >= 0.6 is 12.2 Å². The van der Waals surface area contributed by atoms with Gasteiger partial charge in [-0.2, -0.15) is 0 Å². The van der Waals surface area contributed by atoms with Crippen LogP contribution in [0, 0.1) is 0 Å². The predicted octanol–water partition coefficient (Wildman–Crippen LogP) is 1.88. The molecule has 1 aromatic heterocycles. The molecule has 0 saturated heterocycles. The lowest BCUT2D eigenvalue weighted by molar-refractivity contribution is 0.0822. The summed E-state index contributed by atoms with van der Waals surface area (Å²) in [7, 11) is 0. The van der Waals surface area contributed by atoms with Gasteiger partial charge in [-0.25, -0.2) is 0 Å². The van der Waals surface area contributed by atoms with E-state index in [1.54, 1.807) is 0 Å². The molecule has 0 saturated carbocycles. The first kappa shape index (κ1) is 16.4. The number of aliphatic hydroxyl groups is 2. The lowest BCUT2D eigenvalue weighted by Crippen LogP contribution is -2.19. The van der Waals surface area contributed by atoms with Gasteiger partial charge >= 0.3 is 0 Å². The highest BCUT2D eigenvalue weighted by Crippen LogP contribution is 2.32. The van der Waals surface area contributed by atoms with E-state index < -0.39 is 6.10 Å². The van der Waals surface area contributed by atoms with E-state index in [4.69, 9.17) is 28.8 Å². The lowest BCUT2D eigenvalue weighted by Gasteiger charge is -2.09. The zero-order chi connectivity index (χ0) is 17.3. The van der Waals surface area contributed by atoms with Crippen LogP contribution in [0.15, 0.2) is 48.7 Å². The number of nitrogens with two attached hydrogens (primary N) is 2. The highest BCUT2D eigenvalue weighted by Gasteiger charge is 2.13. The third-order valence-electron chi connectivity index (χ3n) is 3.98. The Kier molecular flexibility index (Phi) is 4.53. The molecule has 0 aliphatic carbocycles. The Morgan fingerprint density at radius 1 is 1.21 bits per heavy atom. The fraction of sp³-hybridized carbons (Fsp3) is 0.167. The molecule has 0 spiro atoms. The number of nitrogens with zero attached hydrogens (tertiary/aromatic N) is 1. The van der Waals surface area contributed by atoms with Crippen LogP contribution in [-0.4, -0.2) is 32.5 Å². The molecule has 0 amide bonds. The molecule has 1 unspecified atom stereocenters. The van der Waals surface area contributed by atoms with Gasteiger partial charge in [0.25, 0.3) is 0 Å². The smallest absolute Gasteiger partial charge is 0.104 e. The van der Waals surface area contributed by atoms with Gasteiger partial charge in [-0.15, -0.1) is 0 Å². The number of benzene rings is 2. The van der Waals surface area contributed by atoms with Crippen LogP contribution in [0.3, 0.4) is 0 Å². The first-order valence-corrected chi connectivity index (χ1v) is 7.98. The second-order valence-corrected chi connectivity index (χ2v) is 6.19. The minimum atomic E-state index is -0.835. The second kappa shape index (κ2) is 6.60. The van der Waals surface area contributed by atoms with Gasteiger partial charge in [0, 0.05) is 28.4 Å². The van der Waals surface area contributed by atoms with E-state index in [-0.39, 0.29) is 13.2 Å². The third-order valence-corrected chi connectivity index (χ3v) is 4.22. The van der Waals surface area contributed by atoms with Crippen LogP contribution < -0.4 is 11.5 Å². The molecule has 0 aliphatic heterocycles. The molecule has 0 aliphatic rings. The molecule has 1 heterocycles.